The second-order valence-electron chi connectivity index (χ2n) is 5.58. The summed E-state index contributed by atoms with van der Waals surface area (Å²) in [5.41, 5.74) is 2.00. The number of aromatic nitrogens is 2. The average molecular weight is 399 g/mol. The molecule has 0 fully saturated rings. The molecule has 1 aromatic carbocycles. The highest BCUT2D eigenvalue weighted by molar-refractivity contribution is 6.45. The van der Waals surface area contributed by atoms with Crippen molar-refractivity contribution >= 4 is 28.9 Å². The lowest BCUT2D eigenvalue weighted by molar-refractivity contribution is 0.114. The van der Waals surface area contributed by atoms with Crippen LogP contribution in [-0.2, 0) is 11.9 Å². The van der Waals surface area contributed by atoms with Crippen molar-refractivity contribution in [3.8, 4) is 5.75 Å². The fraction of sp³-hybridized carbons (Fsp3) is 0.444. The van der Waals surface area contributed by atoms with Crippen LogP contribution in [0.4, 0.5) is 0 Å². The van der Waals surface area contributed by atoms with E-state index in [-0.39, 0.29) is 0 Å². The molecule has 0 amide bonds. The van der Waals surface area contributed by atoms with Gasteiger partial charge in [-0.05, 0) is 31.3 Å². The van der Waals surface area contributed by atoms with Gasteiger partial charge in [0.1, 0.15) is 23.1 Å². The van der Waals surface area contributed by atoms with Crippen LogP contribution in [0.5, 0.6) is 5.75 Å². The molecule has 8 heteroatoms. The summed E-state index contributed by atoms with van der Waals surface area (Å²) in [6.07, 6.45) is 1.69. The van der Waals surface area contributed by atoms with Crippen molar-refractivity contribution in [2.75, 3.05) is 33.4 Å². The molecule has 0 bridgehead atoms. The van der Waals surface area contributed by atoms with Gasteiger partial charge in [-0.3, -0.25) is 4.68 Å². The Morgan fingerprint density at radius 3 is 2.50 bits per heavy atom. The number of halogens is 2. The first-order chi connectivity index (χ1) is 12.5. The Morgan fingerprint density at radius 1 is 1.19 bits per heavy atom. The molecule has 0 radical (unpaired) electrons. The monoisotopic (exact) mass is 398 g/mol. The standard InChI is InChI=1S/C18H24Cl2N4O2/c1-5-24(6-2)11-12-26-22-18(14-9-10-21-23(14)3)13-7-8-15(25-4)17(20)16(13)19/h7-10H,5-6,11-12H2,1-4H3/b22-18+. The number of oxime groups is 1. The third-order valence-corrected chi connectivity index (χ3v) is 5.00. The van der Waals surface area contributed by atoms with Crippen LogP contribution < -0.4 is 4.74 Å². The van der Waals surface area contributed by atoms with Crippen molar-refractivity contribution in [1.82, 2.24) is 14.7 Å². The maximum atomic E-state index is 6.46. The van der Waals surface area contributed by atoms with Gasteiger partial charge < -0.3 is 14.5 Å². The number of hydrogen-bond acceptors (Lipinski definition) is 5. The van der Waals surface area contributed by atoms with Crippen molar-refractivity contribution in [3.05, 3.63) is 45.7 Å². The van der Waals surface area contributed by atoms with E-state index in [9.17, 15) is 0 Å². The third-order valence-electron chi connectivity index (χ3n) is 4.13. The van der Waals surface area contributed by atoms with Gasteiger partial charge in [-0.1, -0.05) is 42.2 Å². The highest BCUT2D eigenvalue weighted by atomic mass is 35.5. The Balaban J connectivity index is 2.33. The summed E-state index contributed by atoms with van der Waals surface area (Å²) in [4.78, 5) is 7.85. The fourth-order valence-electron chi connectivity index (χ4n) is 2.53. The number of methoxy groups -OCH3 is 1. The molecule has 0 saturated heterocycles. The summed E-state index contributed by atoms with van der Waals surface area (Å²) in [5, 5.41) is 9.24. The minimum absolute atomic E-state index is 0.338. The lowest BCUT2D eigenvalue weighted by Crippen LogP contribution is -2.26. The number of benzene rings is 1. The zero-order valence-electron chi connectivity index (χ0n) is 15.5. The fourth-order valence-corrected chi connectivity index (χ4v) is 3.02. The zero-order chi connectivity index (χ0) is 19.1. The molecule has 0 unspecified atom stereocenters. The van der Waals surface area contributed by atoms with Crippen molar-refractivity contribution in [2.45, 2.75) is 13.8 Å². The highest BCUT2D eigenvalue weighted by Crippen LogP contribution is 2.35. The van der Waals surface area contributed by atoms with Crippen LogP contribution in [0, 0.1) is 0 Å². The van der Waals surface area contributed by atoms with Gasteiger partial charge in [-0.25, -0.2) is 0 Å². The second kappa shape index (κ2) is 9.80. The van der Waals surface area contributed by atoms with Gasteiger partial charge >= 0.3 is 0 Å². The van der Waals surface area contributed by atoms with Crippen LogP contribution in [0.2, 0.25) is 10.0 Å². The quantitative estimate of drug-likeness (QED) is 0.365. The van der Waals surface area contributed by atoms with E-state index in [4.69, 9.17) is 32.8 Å². The number of rotatable bonds is 9. The number of nitrogens with zero attached hydrogens (tertiary/aromatic N) is 4. The maximum absolute atomic E-state index is 6.46. The van der Waals surface area contributed by atoms with Gasteiger partial charge in [-0.2, -0.15) is 5.10 Å². The van der Waals surface area contributed by atoms with E-state index in [2.05, 4.69) is 29.0 Å². The van der Waals surface area contributed by atoms with E-state index in [0.29, 0.717) is 33.7 Å². The Hall–Kier alpha value is -1.76. The van der Waals surface area contributed by atoms with Crippen molar-refractivity contribution in [2.24, 2.45) is 12.2 Å². The molecule has 0 aliphatic carbocycles. The van der Waals surface area contributed by atoms with Gasteiger partial charge in [0.2, 0.25) is 0 Å². The van der Waals surface area contributed by atoms with Gasteiger partial charge in [0.25, 0.3) is 0 Å². The minimum atomic E-state index is 0.338. The van der Waals surface area contributed by atoms with Gasteiger partial charge in [0, 0.05) is 25.4 Å². The molecular weight excluding hydrogens is 375 g/mol. The summed E-state index contributed by atoms with van der Waals surface area (Å²) < 4.78 is 6.92. The van der Waals surface area contributed by atoms with E-state index < -0.39 is 0 Å². The van der Waals surface area contributed by atoms with E-state index in [1.165, 1.54) is 0 Å². The summed E-state index contributed by atoms with van der Waals surface area (Å²) in [5.74, 6) is 0.507. The predicted octanol–water partition coefficient (Wildman–Crippen LogP) is 3.85. The van der Waals surface area contributed by atoms with Crippen LogP contribution in [0.3, 0.4) is 0 Å². The lowest BCUT2D eigenvalue weighted by Gasteiger charge is -2.17. The highest BCUT2D eigenvalue weighted by Gasteiger charge is 2.19. The van der Waals surface area contributed by atoms with Crippen molar-refractivity contribution in [1.29, 1.82) is 0 Å². The molecule has 1 heterocycles. The normalized spacial score (nSPS) is 11.9. The number of hydrogen-bond donors (Lipinski definition) is 0. The summed E-state index contributed by atoms with van der Waals surface area (Å²) in [7, 11) is 3.38. The number of ether oxygens (including phenoxy) is 1. The molecule has 2 rings (SSSR count). The average Bonchev–Trinajstić information content (AvgIpc) is 3.07. The van der Waals surface area contributed by atoms with E-state index in [1.807, 2.05) is 19.2 Å². The molecule has 0 aliphatic heterocycles. The smallest absolute Gasteiger partial charge is 0.139 e. The minimum Gasteiger partial charge on any atom is -0.495 e. The second-order valence-corrected chi connectivity index (χ2v) is 6.34. The van der Waals surface area contributed by atoms with Gasteiger partial charge in [-0.15, -0.1) is 0 Å². The first-order valence-electron chi connectivity index (χ1n) is 8.46. The molecule has 0 aliphatic rings. The topological polar surface area (TPSA) is 51.9 Å². The van der Waals surface area contributed by atoms with Gasteiger partial charge in [0.15, 0.2) is 0 Å². The molecule has 1 aromatic heterocycles. The van der Waals surface area contributed by atoms with Crippen molar-refractivity contribution < 1.29 is 9.57 Å². The summed E-state index contributed by atoms with van der Waals surface area (Å²) in [6, 6.07) is 5.42. The molecule has 2 aromatic rings. The Bertz CT molecular complexity index is 758. The maximum Gasteiger partial charge on any atom is 0.139 e. The largest absolute Gasteiger partial charge is 0.495 e. The molecule has 0 spiro atoms. The van der Waals surface area contributed by atoms with Gasteiger partial charge in [0.05, 0.1) is 17.8 Å². The number of likely N-dealkylation sites (N-methyl/N-ethyl adjacent to an activating group) is 1. The Morgan fingerprint density at radius 2 is 1.92 bits per heavy atom. The van der Waals surface area contributed by atoms with Crippen molar-refractivity contribution in [3.63, 3.8) is 0 Å². The molecule has 0 N–H and O–H groups in total. The van der Waals surface area contributed by atoms with Crippen LogP contribution in [0.25, 0.3) is 0 Å². The first kappa shape index (κ1) is 20.6. The molecule has 6 nitrogen and oxygen atoms in total. The van der Waals surface area contributed by atoms with Crippen LogP contribution >= 0.6 is 23.2 Å². The zero-order valence-corrected chi connectivity index (χ0v) is 17.0. The van der Waals surface area contributed by atoms with E-state index in [0.717, 1.165) is 25.3 Å². The SMILES string of the molecule is CCN(CC)CCO/N=C(\c1ccc(OC)c(Cl)c1Cl)c1ccnn1C. The third kappa shape index (κ3) is 4.69. The predicted molar refractivity (Wildman–Crippen MR) is 106 cm³/mol. The molecular formula is C18H24Cl2N4O2. The van der Waals surface area contributed by atoms with E-state index >= 15 is 0 Å². The number of aryl methyl sites for hydroxylation is 1. The Kier molecular flexibility index (Phi) is 7.75. The van der Waals surface area contributed by atoms with Crippen LogP contribution in [0.15, 0.2) is 29.6 Å². The molecule has 0 atom stereocenters. The van der Waals surface area contributed by atoms with E-state index in [1.54, 1.807) is 24.1 Å². The lowest BCUT2D eigenvalue weighted by atomic mass is 10.1. The summed E-state index contributed by atoms with van der Waals surface area (Å²) >= 11 is 12.8. The van der Waals surface area contributed by atoms with Crippen LogP contribution in [0.1, 0.15) is 25.1 Å². The Labute approximate surface area is 164 Å². The summed E-state index contributed by atoms with van der Waals surface area (Å²) in [6.45, 7) is 7.45. The molecule has 26 heavy (non-hydrogen) atoms. The first-order valence-corrected chi connectivity index (χ1v) is 9.22. The molecule has 142 valence electrons. The van der Waals surface area contributed by atoms with Crippen LogP contribution in [-0.4, -0.2) is 53.7 Å². The molecule has 0 saturated carbocycles.